The van der Waals surface area contributed by atoms with Crippen molar-refractivity contribution in [1.82, 2.24) is 10.3 Å². The van der Waals surface area contributed by atoms with Crippen molar-refractivity contribution in [1.29, 1.82) is 0 Å². The molecule has 8 heteroatoms. The average Bonchev–Trinajstić information content (AvgIpc) is 2.64. The van der Waals surface area contributed by atoms with Gasteiger partial charge in [0.2, 0.25) is 5.91 Å². The van der Waals surface area contributed by atoms with E-state index in [9.17, 15) is 4.79 Å². The number of halogens is 1. The second-order valence-corrected chi connectivity index (χ2v) is 6.16. The molecular weight excluding hydrogens is 457 g/mol. The standard InChI is InChI=1S/C19H23N5O2.HI/c1-13-6-7-17(22-12-13)24-18(25)8-10-21-19(20)23-15-9-11-26-16-5-3-2-4-14(15)16;/h2-7,12,15H,8-11H2,1H3,(H3,20,21,23)(H,22,24,25);1H. The van der Waals surface area contributed by atoms with Crippen LogP contribution in [-0.4, -0.2) is 30.0 Å². The molecule has 1 aliphatic rings. The molecule has 0 bridgehead atoms. The molecule has 0 spiro atoms. The molecular formula is C19H24IN5O2. The van der Waals surface area contributed by atoms with Crippen molar-refractivity contribution >= 4 is 41.7 Å². The lowest BCUT2D eigenvalue weighted by Gasteiger charge is -2.26. The summed E-state index contributed by atoms with van der Waals surface area (Å²) >= 11 is 0. The Hall–Kier alpha value is -2.36. The Kier molecular flexibility index (Phi) is 7.83. The van der Waals surface area contributed by atoms with E-state index in [0.717, 1.165) is 23.3 Å². The molecule has 0 radical (unpaired) electrons. The van der Waals surface area contributed by atoms with Gasteiger partial charge in [-0.05, 0) is 24.6 Å². The van der Waals surface area contributed by atoms with Gasteiger partial charge in [0.1, 0.15) is 11.6 Å². The molecule has 27 heavy (non-hydrogen) atoms. The Morgan fingerprint density at radius 3 is 2.93 bits per heavy atom. The molecule has 3 rings (SSSR count). The largest absolute Gasteiger partial charge is 0.493 e. The van der Waals surface area contributed by atoms with Gasteiger partial charge in [0, 0.05) is 24.6 Å². The first kappa shape index (κ1) is 20.9. The van der Waals surface area contributed by atoms with Crippen molar-refractivity contribution < 1.29 is 9.53 Å². The lowest BCUT2D eigenvalue weighted by Crippen LogP contribution is -2.37. The Labute approximate surface area is 175 Å². The van der Waals surface area contributed by atoms with Gasteiger partial charge < -0.3 is 21.1 Å². The van der Waals surface area contributed by atoms with Gasteiger partial charge in [-0.15, -0.1) is 24.0 Å². The van der Waals surface area contributed by atoms with Gasteiger partial charge in [0.15, 0.2) is 5.96 Å². The number of carbonyl (C=O) groups is 1. The number of benzene rings is 1. The van der Waals surface area contributed by atoms with Crippen molar-refractivity contribution in [3.8, 4) is 5.75 Å². The zero-order chi connectivity index (χ0) is 18.4. The van der Waals surface area contributed by atoms with Gasteiger partial charge in [0.25, 0.3) is 0 Å². The van der Waals surface area contributed by atoms with Crippen LogP contribution >= 0.6 is 24.0 Å². The van der Waals surface area contributed by atoms with Gasteiger partial charge in [-0.2, -0.15) is 0 Å². The molecule has 0 saturated carbocycles. The number of nitrogens with two attached hydrogens (primary N) is 1. The van der Waals surface area contributed by atoms with E-state index >= 15 is 0 Å². The van der Waals surface area contributed by atoms with E-state index in [0.29, 0.717) is 24.9 Å². The highest BCUT2D eigenvalue weighted by Gasteiger charge is 2.21. The maximum Gasteiger partial charge on any atom is 0.227 e. The lowest BCUT2D eigenvalue weighted by molar-refractivity contribution is -0.116. The van der Waals surface area contributed by atoms with Crippen molar-refractivity contribution in [2.45, 2.75) is 25.8 Å². The molecule has 1 aromatic heterocycles. The van der Waals surface area contributed by atoms with Gasteiger partial charge in [0.05, 0.1) is 19.2 Å². The topological polar surface area (TPSA) is 102 Å². The highest BCUT2D eigenvalue weighted by molar-refractivity contribution is 14.0. The minimum atomic E-state index is -0.144. The Morgan fingerprint density at radius 1 is 1.33 bits per heavy atom. The van der Waals surface area contributed by atoms with E-state index in [-0.39, 0.29) is 42.3 Å². The van der Waals surface area contributed by atoms with Crippen molar-refractivity contribution in [2.24, 2.45) is 10.7 Å². The average molecular weight is 481 g/mol. The summed E-state index contributed by atoms with van der Waals surface area (Å²) in [7, 11) is 0. The van der Waals surface area contributed by atoms with Crippen LogP contribution in [0.25, 0.3) is 0 Å². The summed E-state index contributed by atoms with van der Waals surface area (Å²) < 4.78 is 5.63. The van der Waals surface area contributed by atoms with Crippen LogP contribution in [0.4, 0.5) is 5.82 Å². The Bertz CT molecular complexity index is 795. The summed E-state index contributed by atoms with van der Waals surface area (Å²) in [6.07, 6.45) is 2.76. The fourth-order valence-corrected chi connectivity index (χ4v) is 2.74. The number of ether oxygens (including phenoxy) is 1. The first-order valence-electron chi connectivity index (χ1n) is 8.62. The van der Waals surface area contributed by atoms with E-state index in [1.165, 1.54) is 0 Å². The van der Waals surface area contributed by atoms with Gasteiger partial charge >= 0.3 is 0 Å². The molecule has 7 nitrogen and oxygen atoms in total. The summed E-state index contributed by atoms with van der Waals surface area (Å²) in [5, 5.41) is 5.95. The third-order valence-electron chi connectivity index (χ3n) is 4.08. The van der Waals surface area contributed by atoms with E-state index in [1.54, 1.807) is 12.3 Å². The summed E-state index contributed by atoms with van der Waals surface area (Å²) in [4.78, 5) is 20.3. The molecule has 0 aliphatic carbocycles. The predicted molar refractivity (Wildman–Crippen MR) is 117 cm³/mol. The van der Waals surface area contributed by atoms with E-state index in [4.69, 9.17) is 10.5 Å². The number of para-hydroxylation sites is 1. The van der Waals surface area contributed by atoms with Crippen LogP contribution < -0.4 is 21.1 Å². The zero-order valence-corrected chi connectivity index (χ0v) is 17.5. The molecule has 0 saturated heterocycles. The molecule has 2 heterocycles. The third kappa shape index (κ3) is 6.09. The number of nitrogens with zero attached hydrogens (tertiary/aromatic N) is 2. The van der Waals surface area contributed by atoms with Crippen LogP contribution in [0.1, 0.15) is 30.0 Å². The van der Waals surface area contributed by atoms with E-state index in [2.05, 4.69) is 20.6 Å². The fourth-order valence-electron chi connectivity index (χ4n) is 2.74. The maximum atomic E-state index is 11.9. The first-order chi connectivity index (χ1) is 12.6. The van der Waals surface area contributed by atoms with Crippen LogP contribution in [0, 0.1) is 6.92 Å². The number of hydrogen-bond acceptors (Lipinski definition) is 4. The molecule has 0 fully saturated rings. The third-order valence-corrected chi connectivity index (χ3v) is 4.08. The van der Waals surface area contributed by atoms with Crippen LogP contribution in [0.5, 0.6) is 5.75 Å². The fraction of sp³-hybridized carbons (Fsp3) is 0.316. The molecule has 1 amide bonds. The number of nitrogens with one attached hydrogen (secondary N) is 2. The zero-order valence-electron chi connectivity index (χ0n) is 15.1. The summed E-state index contributed by atoms with van der Waals surface area (Å²) in [6.45, 7) is 2.88. The number of guanidine groups is 1. The monoisotopic (exact) mass is 481 g/mol. The SMILES string of the molecule is Cc1ccc(NC(=O)CCN=C(N)NC2CCOc3ccccc32)nc1.I. The van der Waals surface area contributed by atoms with Crippen LogP contribution in [0.2, 0.25) is 0 Å². The summed E-state index contributed by atoms with van der Waals surface area (Å²) in [5.74, 6) is 1.59. The van der Waals surface area contributed by atoms with Gasteiger partial charge in [-0.3, -0.25) is 9.79 Å². The normalized spacial score (nSPS) is 15.7. The molecule has 2 aromatic rings. The number of hydrogen-bond donors (Lipinski definition) is 3. The van der Waals surface area contributed by atoms with E-state index < -0.39 is 0 Å². The maximum absolute atomic E-state index is 11.9. The van der Waals surface area contributed by atoms with Crippen LogP contribution in [-0.2, 0) is 4.79 Å². The number of rotatable bonds is 5. The van der Waals surface area contributed by atoms with Gasteiger partial charge in [-0.1, -0.05) is 24.3 Å². The predicted octanol–water partition coefficient (Wildman–Crippen LogP) is 2.76. The molecule has 1 atom stereocenters. The number of aromatic nitrogens is 1. The number of aryl methyl sites for hydroxylation is 1. The quantitative estimate of drug-likeness (QED) is 0.347. The number of pyridine rings is 1. The number of anilines is 1. The molecule has 4 N–H and O–H groups in total. The van der Waals surface area contributed by atoms with E-state index in [1.807, 2.05) is 37.3 Å². The van der Waals surface area contributed by atoms with Crippen LogP contribution in [0.15, 0.2) is 47.6 Å². The number of amides is 1. The van der Waals surface area contributed by atoms with Crippen LogP contribution in [0.3, 0.4) is 0 Å². The smallest absolute Gasteiger partial charge is 0.227 e. The summed E-state index contributed by atoms with van der Waals surface area (Å²) in [5.41, 5.74) is 8.08. The van der Waals surface area contributed by atoms with Crippen molar-refractivity contribution in [2.75, 3.05) is 18.5 Å². The second-order valence-electron chi connectivity index (χ2n) is 6.16. The Balaban J connectivity index is 0.00000261. The highest BCUT2D eigenvalue weighted by atomic mass is 127. The highest BCUT2D eigenvalue weighted by Crippen LogP contribution is 2.31. The first-order valence-corrected chi connectivity index (χ1v) is 8.62. The minimum absolute atomic E-state index is 0. The number of carbonyl (C=O) groups excluding carboxylic acids is 1. The van der Waals surface area contributed by atoms with Crippen molar-refractivity contribution in [3.05, 3.63) is 53.7 Å². The minimum Gasteiger partial charge on any atom is -0.493 e. The molecule has 1 aliphatic heterocycles. The second kappa shape index (κ2) is 10.1. The molecule has 1 aromatic carbocycles. The van der Waals surface area contributed by atoms with Gasteiger partial charge in [-0.25, -0.2) is 4.98 Å². The lowest BCUT2D eigenvalue weighted by atomic mass is 10.0. The Morgan fingerprint density at radius 2 is 2.15 bits per heavy atom. The molecule has 144 valence electrons. The summed E-state index contributed by atoms with van der Waals surface area (Å²) in [6, 6.07) is 11.6. The molecule has 1 unspecified atom stereocenters. The number of fused-ring (bicyclic) bond motifs is 1. The van der Waals surface area contributed by atoms with Crippen molar-refractivity contribution in [3.63, 3.8) is 0 Å². The number of aliphatic imine (C=N–C) groups is 1.